The molecule has 0 aromatic heterocycles. The molecule has 0 saturated heterocycles. The Kier molecular flexibility index (Phi) is 3.02. The predicted octanol–water partition coefficient (Wildman–Crippen LogP) is 1.64. The van der Waals surface area contributed by atoms with E-state index < -0.39 is 14.9 Å². The Morgan fingerprint density at radius 2 is 2.00 bits per heavy atom. The maximum absolute atomic E-state index is 11.4. The Bertz CT molecular complexity index is 737. The number of hydrogen-bond acceptors (Lipinski definition) is 6. The fourth-order valence-corrected chi connectivity index (χ4v) is 4.13. The first kappa shape index (κ1) is 13.1. The van der Waals surface area contributed by atoms with Crippen molar-refractivity contribution < 1.29 is 13.3 Å². The van der Waals surface area contributed by atoms with Gasteiger partial charge in [0.15, 0.2) is 5.17 Å². The number of nitrogens with zero attached hydrogens (tertiary/aromatic N) is 3. The highest BCUT2D eigenvalue weighted by Gasteiger charge is 2.31. The van der Waals surface area contributed by atoms with Crippen LogP contribution in [0.4, 0.5) is 5.69 Å². The zero-order valence-electron chi connectivity index (χ0n) is 10.1. The van der Waals surface area contributed by atoms with E-state index in [1.807, 2.05) is 4.90 Å². The van der Waals surface area contributed by atoms with E-state index in [-0.39, 0.29) is 11.4 Å². The van der Waals surface area contributed by atoms with Gasteiger partial charge in [-0.05, 0) is 17.7 Å². The largest absolute Gasteiger partial charge is 0.318 e. The van der Waals surface area contributed by atoms with Gasteiger partial charge in [-0.15, -0.1) is 4.40 Å². The number of fused-ring (bicyclic) bond motifs is 1. The molecule has 1 aromatic rings. The van der Waals surface area contributed by atoms with Crippen molar-refractivity contribution >= 4 is 38.3 Å². The van der Waals surface area contributed by atoms with Crippen LogP contribution < -0.4 is 0 Å². The number of sulfonamides is 1. The van der Waals surface area contributed by atoms with Crippen molar-refractivity contribution in [1.29, 1.82) is 0 Å². The van der Waals surface area contributed by atoms with Gasteiger partial charge in [0.1, 0.15) is 0 Å². The lowest BCUT2D eigenvalue weighted by atomic mass is 10.1. The third kappa shape index (κ3) is 2.29. The molecule has 0 bridgehead atoms. The molecule has 0 saturated carbocycles. The van der Waals surface area contributed by atoms with Crippen molar-refractivity contribution in [3.05, 3.63) is 45.4 Å². The number of amidine groups is 1. The molecule has 2 aliphatic heterocycles. The molecule has 0 atom stereocenters. The van der Waals surface area contributed by atoms with Crippen LogP contribution in [0, 0.1) is 10.1 Å². The van der Waals surface area contributed by atoms with E-state index in [4.69, 9.17) is 0 Å². The fraction of sp³-hybridized carbons (Fsp3) is 0.182. The minimum Gasteiger partial charge on any atom is -0.318 e. The molecule has 20 heavy (non-hydrogen) atoms. The number of rotatable bonds is 2. The minimum absolute atomic E-state index is 0.0233. The molecule has 0 fully saturated rings. The van der Waals surface area contributed by atoms with Gasteiger partial charge in [0, 0.05) is 24.1 Å². The summed E-state index contributed by atoms with van der Waals surface area (Å²) in [4.78, 5) is 12.0. The van der Waals surface area contributed by atoms with E-state index in [0.29, 0.717) is 11.7 Å². The highest BCUT2D eigenvalue weighted by atomic mass is 32.2. The van der Waals surface area contributed by atoms with Crippen LogP contribution in [-0.4, -0.2) is 35.7 Å². The molecular formula is C11H9N3O4S2. The second-order valence-corrected chi connectivity index (χ2v) is 6.83. The number of nitro benzene ring substituents is 1. The van der Waals surface area contributed by atoms with Crippen molar-refractivity contribution in [3.8, 4) is 0 Å². The van der Waals surface area contributed by atoms with Gasteiger partial charge in [-0.1, -0.05) is 11.8 Å². The van der Waals surface area contributed by atoms with Gasteiger partial charge < -0.3 is 4.90 Å². The lowest BCUT2D eigenvalue weighted by molar-refractivity contribution is -0.384. The summed E-state index contributed by atoms with van der Waals surface area (Å²) < 4.78 is 26.6. The molecule has 2 aliphatic rings. The molecule has 0 radical (unpaired) electrons. The van der Waals surface area contributed by atoms with E-state index in [1.165, 1.54) is 23.9 Å². The fourth-order valence-electron chi connectivity index (χ4n) is 1.97. The normalized spacial score (nSPS) is 20.1. The van der Waals surface area contributed by atoms with E-state index in [2.05, 4.69) is 4.40 Å². The summed E-state index contributed by atoms with van der Waals surface area (Å²) in [6.45, 7) is 0.344. The smallest absolute Gasteiger partial charge is 0.269 e. The molecule has 1 aromatic carbocycles. The predicted molar refractivity (Wildman–Crippen MR) is 76.6 cm³/mol. The van der Waals surface area contributed by atoms with Crippen molar-refractivity contribution in [1.82, 2.24) is 4.90 Å². The Hall–Kier alpha value is -1.87. The average Bonchev–Trinajstić information content (AvgIpc) is 2.80. The number of thioether (sulfide) groups is 1. The zero-order chi connectivity index (χ0) is 14.3. The van der Waals surface area contributed by atoms with Crippen molar-refractivity contribution in [2.24, 2.45) is 4.40 Å². The van der Waals surface area contributed by atoms with E-state index in [1.54, 1.807) is 17.5 Å². The van der Waals surface area contributed by atoms with Gasteiger partial charge in [0.05, 0.1) is 16.4 Å². The van der Waals surface area contributed by atoms with Crippen LogP contribution in [0.1, 0.15) is 5.56 Å². The first-order valence-electron chi connectivity index (χ1n) is 5.68. The van der Waals surface area contributed by atoms with Crippen LogP contribution in [0.2, 0.25) is 0 Å². The van der Waals surface area contributed by atoms with Crippen LogP contribution in [0.25, 0.3) is 5.70 Å². The Labute approximate surface area is 119 Å². The lowest BCUT2D eigenvalue weighted by Gasteiger charge is -2.24. The maximum Gasteiger partial charge on any atom is 0.269 e. The summed E-state index contributed by atoms with van der Waals surface area (Å²) in [6, 6.07) is 6.15. The Balaban J connectivity index is 1.91. The second kappa shape index (κ2) is 4.60. The summed E-state index contributed by atoms with van der Waals surface area (Å²) in [5.41, 5.74) is 1.64. The van der Waals surface area contributed by atoms with Crippen molar-refractivity contribution in [2.45, 2.75) is 0 Å². The van der Waals surface area contributed by atoms with Gasteiger partial charge in [-0.25, -0.2) is 8.42 Å². The second-order valence-electron chi connectivity index (χ2n) is 4.24. The monoisotopic (exact) mass is 311 g/mol. The SMILES string of the molecule is O=[N+]([O-])c1ccc(C2=CSC3=NS(=O)(=O)CCN23)cc1. The quantitative estimate of drug-likeness (QED) is 0.609. The Morgan fingerprint density at radius 3 is 2.65 bits per heavy atom. The van der Waals surface area contributed by atoms with E-state index in [0.717, 1.165) is 11.3 Å². The summed E-state index contributed by atoms with van der Waals surface area (Å²) >= 11 is 1.24. The van der Waals surface area contributed by atoms with Crippen LogP contribution in [0.15, 0.2) is 34.1 Å². The maximum atomic E-state index is 11.4. The molecule has 104 valence electrons. The standard InChI is InChI=1S/C11H9N3O4S2/c15-14(16)9-3-1-8(2-4-9)10-7-19-11-12-20(17,18)6-5-13(10)11/h1-4,7H,5-6H2. The molecule has 0 N–H and O–H groups in total. The Morgan fingerprint density at radius 1 is 1.30 bits per heavy atom. The molecule has 0 unspecified atom stereocenters. The summed E-state index contributed by atoms with van der Waals surface area (Å²) in [7, 11) is -3.36. The molecule has 0 aliphatic carbocycles. The molecule has 7 nitrogen and oxygen atoms in total. The first-order valence-corrected chi connectivity index (χ1v) is 8.17. The van der Waals surface area contributed by atoms with Crippen molar-refractivity contribution in [2.75, 3.05) is 12.3 Å². The summed E-state index contributed by atoms with van der Waals surface area (Å²) in [5.74, 6) is -0.0264. The number of nitro groups is 1. The van der Waals surface area contributed by atoms with Crippen LogP contribution in [0.3, 0.4) is 0 Å². The highest BCUT2D eigenvalue weighted by molar-refractivity contribution is 8.17. The third-order valence-corrected chi connectivity index (χ3v) is 5.09. The molecule has 0 amide bonds. The van der Waals surface area contributed by atoms with Gasteiger partial charge in [-0.3, -0.25) is 10.1 Å². The molecular weight excluding hydrogens is 302 g/mol. The van der Waals surface area contributed by atoms with Crippen LogP contribution in [-0.2, 0) is 10.0 Å². The van der Waals surface area contributed by atoms with Gasteiger partial charge >= 0.3 is 0 Å². The highest BCUT2D eigenvalue weighted by Crippen LogP contribution is 2.35. The third-order valence-electron chi connectivity index (χ3n) is 2.96. The topological polar surface area (TPSA) is 92.9 Å². The summed E-state index contributed by atoms with van der Waals surface area (Å²) in [6.07, 6.45) is 0. The zero-order valence-corrected chi connectivity index (χ0v) is 11.7. The lowest BCUT2D eigenvalue weighted by Crippen LogP contribution is -2.34. The van der Waals surface area contributed by atoms with Gasteiger partial charge in [-0.2, -0.15) is 0 Å². The first-order chi connectivity index (χ1) is 9.46. The van der Waals surface area contributed by atoms with Gasteiger partial charge in [0.2, 0.25) is 0 Å². The average molecular weight is 311 g/mol. The number of benzene rings is 1. The van der Waals surface area contributed by atoms with Crippen LogP contribution >= 0.6 is 11.8 Å². The van der Waals surface area contributed by atoms with Crippen LogP contribution in [0.5, 0.6) is 0 Å². The summed E-state index contributed by atoms with van der Waals surface area (Å²) in [5, 5.41) is 12.9. The molecule has 2 heterocycles. The number of non-ortho nitro benzene ring substituents is 1. The van der Waals surface area contributed by atoms with Gasteiger partial charge in [0.25, 0.3) is 15.7 Å². The van der Waals surface area contributed by atoms with E-state index in [9.17, 15) is 18.5 Å². The molecule has 3 rings (SSSR count). The minimum atomic E-state index is -3.36. The number of hydrogen-bond donors (Lipinski definition) is 0. The van der Waals surface area contributed by atoms with Crippen molar-refractivity contribution in [3.63, 3.8) is 0 Å². The molecule has 9 heteroatoms. The van der Waals surface area contributed by atoms with E-state index >= 15 is 0 Å². The molecule has 0 spiro atoms.